The molecule has 2 aromatic rings. The second-order valence-corrected chi connectivity index (χ2v) is 8.32. The molecule has 2 aliphatic heterocycles. The van der Waals surface area contributed by atoms with E-state index in [0.717, 1.165) is 6.07 Å². The fourth-order valence-corrected chi connectivity index (χ4v) is 4.14. The summed E-state index contributed by atoms with van der Waals surface area (Å²) in [5.41, 5.74) is -2.58. The van der Waals surface area contributed by atoms with E-state index in [9.17, 15) is 22.4 Å². The van der Waals surface area contributed by atoms with Crippen molar-refractivity contribution in [1.29, 1.82) is 0 Å². The van der Waals surface area contributed by atoms with Gasteiger partial charge in [-0.25, -0.2) is 9.18 Å². The van der Waals surface area contributed by atoms with Crippen molar-refractivity contribution < 1.29 is 31.8 Å². The summed E-state index contributed by atoms with van der Waals surface area (Å²) in [5.74, 6) is -0.677. The van der Waals surface area contributed by atoms with E-state index in [2.05, 4.69) is 16.0 Å². The summed E-state index contributed by atoms with van der Waals surface area (Å²) in [4.78, 5) is 12.5. The minimum absolute atomic E-state index is 0.00112. The number of rotatable bonds is 5. The average Bonchev–Trinajstić information content (AvgIpc) is 2.71. The zero-order chi connectivity index (χ0) is 23.6. The molecule has 11 heteroatoms. The van der Waals surface area contributed by atoms with Gasteiger partial charge in [-0.05, 0) is 43.7 Å². The Kier molecular flexibility index (Phi) is 6.69. The van der Waals surface area contributed by atoms with Crippen LogP contribution in [-0.2, 0) is 10.3 Å². The number of halogens is 5. The number of hydrogen-bond acceptors (Lipinski definition) is 4. The van der Waals surface area contributed by atoms with Crippen molar-refractivity contribution >= 4 is 23.3 Å². The first-order valence-electron chi connectivity index (χ1n) is 10.4. The molecule has 6 nitrogen and oxygen atoms in total. The number of amides is 2. The summed E-state index contributed by atoms with van der Waals surface area (Å²) >= 11 is 5.72. The zero-order valence-corrected chi connectivity index (χ0v) is 18.1. The summed E-state index contributed by atoms with van der Waals surface area (Å²) < 4.78 is 66.4. The standard InChI is InChI=1S/C22H22ClF4N3O3/c23-13-7-8-16(15(24)12-13)29-20(31)30-17-5-3-10-28-19(17)33-18-6-2-1-4-14(18)21(9-11-32-21)22(25,26)27/h1-2,4,6-8,12,17,19,28H,3,5,9-11H2,(H2,29,30,31). The Balaban J connectivity index is 1.49. The van der Waals surface area contributed by atoms with Crippen LogP contribution in [0.15, 0.2) is 42.5 Å². The van der Waals surface area contributed by atoms with E-state index in [1.165, 1.54) is 30.3 Å². The van der Waals surface area contributed by atoms with Gasteiger partial charge < -0.3 is 20.1 Å². The molecule has 178 valence electrons. The summed E-state index contributed by atoms with van der Waals surface area (Å²) in [7, 11) is 0. The van der Waals surface area contributed by atoms with Crippen molar-refractivity contribution in [3.63, 3.8) is 0 Å². The van der Waals surface area contributed by atoms with Crippen molar-refractivity contribution in [3.05, 3.63) is 58.9 Å². The van der Waals surface area contributed by atoms with Gasteiger partial charge in [-0.3, -0.25) is 5.32 Å². The topological polar surface area (TPSA) is 71.6 Å². The van der Waals surface area contributed by atoms with E-state index < -0.39 is 35.9 Å². The number of urea groups is 1. The monoisotopic (exact) mass is 487 g/mol. The molecule has 0 radical (unpaired) electrons. The minimum atomic E-state index is -4.61. The number of carbonyl (C=O) groups excluding carboxylic acids is 1. The normalized spacial score (nSPS) is 25.1. The third-order valence-corrected chi connectivity index (χ3v) is 5.97. The Morgan fingerprint density at radius 3 is 2.67 bits per heavy atom. The van der Waals surface area contributed by atoms with Crippen LogP contribution in [0.3, 0.4) is 0 Å². The van der Waals surface area contributed by atoms with Crippen LogP contribution in [-0.4, -0.2) is 37.6 Å². The smallest absolute Gasteiger partial charge is 0.421 e. The highest BCUT2D eigenvalue weighted by atomic mass is 35.5. The lowest BCUT2D eigenvalue weighted by atomic mass is 9.85. The van der Waals surface area contributed by atoms with Crippen LogP contribution in [0.2, 0.25) is 5.02 Å². The minimum Gasteiger partial charge on any atom is -0.473 e. The third kappa shape index (κ3) is 4.87. The molecular formula is C22H22ClF4N3O3. The van der Waals surface area contributed by atoms with Crippen molar-refractivity contribution in [2.24, 2.45) is 0 Å². The van der Waals surface area contributed by atoms with Gasteiger partial charge in [0.1, 0.15) is 11.6 Å². The van der Waals surface area contributed by atoms with Crippen LogP contribution in [0.5, 0.6) is 5.75 Å². The van der Waals surface area contributed by atoms with E-state index in [-0.39, 0.29) is 35.1 Å². The highest BCUT2D eigenvalue weighted by Crippen LogP contribution is 2.52. The van der Waals surface area contributed by atoms with Gasteiger partial charge in [0.15, 0.2) is 11.8 Å². The molecule has 2 amide bonds. The largest absolute Gasteiger partial charge is 0.473 e. The molecule has 2 aliphatic rings. The number of piperidine rings is 1. The maximum atomic E-state index is 14.0. The van der Waals surface area contributed by atoms with Crippen molar-refractivity contribution in [2.45, 2.75) is 43.3 Å². The van der Waals surface area contributed by atoms with E-state index in [1.54, 1.807) is 6.07 Å². The molecule has 0 aliphatic carbocycles. The Morgan fingerprint density at radius 2 is 2.00 bits per heavy atom. The van der Waals surface area contributed by atoms with Crippen LogP contribution in [0, 0.1) is 5.82 Å². The molecule has 2 heterocycles. The fourth-order valence-electron chi connectivity index (χ4n) is 3.98. The van der Waals surface area contributed by atoms with E-state index in [0.29, 0.717) is 19.4 Å². The van der Waals surface area contributed by atoms with Gasteiger partial charge in [-0.1, -0.05) is 29.8 Å². The van der Waals surface area contributed by atoms with Gasteiger partial charge in [0.25, 0.3) is 0 Å². The quantitative estimate of drug-likeness (QED) is 0.523. The van der Waals surface area contributed by atoms with Gasteiger partial charge in [0, 0.05) is 17.0 Å². The zero-order valence-electron chi connectivity index (χ0n) is 17.3. The van der Waals surface area contributed by atoms with Crippen LogP contribution < -0.4 is 20.7 Å². The van der Waals surface area contributed by atoms with Crippen molar-refractivity contribution in [1.82, 2.24) is 10.6 Å². The molecule has 3 unspecified atom stereocenters. The number of anilines is 1. The summed E-state index contributed by atoms with van der Waals surface area (Å²) in [6.07, 6.45) is -4.39. The van der Waals surface area contributed by atoms with E-state index in [1.807, 2.05) is 0 Å². The molecule has 2 saturated heterocycles. The number of benzene rings is 2. The Bertz CT molecular complexity index is 1020. The Hall–Kier alpha value is -2.56. The molecule has 2 fully saturated rings. The predicted molar refractivity (Wildman–Crippen MR) is 114 cm³/mol. The average molecular weight is 488 g/mol. The summed E-state index contributed by atoms with van der Waals surface area (Å²) in [6.45, 7) is 0.556. The Labute approximate surface area is 192 Å². The van der Waals surface area contributed by atoms with Gasteiger partial charge in [0.05, 0.1) is 18.3 Å². The van der Waals surface area contributed by atoms with Crippen molar-refractivity contribution in [2.75, 3.05) is 18.5 Å². The predicted octanol–water partition coefficient (Wildman–Crippen LogP) is 4.94. The van der Waals surface area contributed by atoms with Gasteiger partial charge in [0.2, 0.25) is 0 Å². The number of hydrogen-bond donors (Lipinski definition) is 3. The van der Waals surface area contributed by atoms with Gasteiger partial charge >= 0.3 is 12.2 Å². The highest BCUT2D eigenvalue weighted by molar-refractivity contribution is 6.30. The lowest BCUT2D eigenvalue weighted by Crippen LogP contribution is -2.57. The molecule has 0 bridgehead atoms. The molecule has 0 aromatic heterocycles. The number of carbonyl (C=O) groups is 1. The molecule has 3 atom stereocenters. The molecule has 0 saturated carbocycles. The highest BCUT2D eigenvalue weighted by Gasteiger charge is 2.62. The molecule has 4 rings (SSSR count). The molecule has 33 heavy (non-hydrogen) atoms. The number of para-hydroxylation sites is 1. The first-order chi connectivity index (χ1) is 15.7. The second kappa shape index (κ2) is 9.36. The second-order valence-electron chi connectivity index (χ2n) is 7.88. The SMILES string of the molecule is O=C(Nc1ccc(Cl)cc1F)NC1CCCNC1Oc1ccccc1C1(C(F)(F)F)CCO1. The molecular weight excluding hydrogens is 466 g/mol. The molecule has 0 spiro atoms. The summed E-state index contributed by atoms with van der Waals surface area (Å²) in [5, 5.41) is 8.38. The molecule has 3 N–H and O–H groups in total. The van der Waals surface area contributed by atoms with Crippen LogP contribution >= 0.6 is 11.6 Å². The number of ether oxygens (including phenoxy) is 2. The summed E-state index contributed by atoms with van der Waals surface area (Å²) in [6, 6.07) is 8.43. The number of alkyl halides is 3. The van der Waals surface area contributed by atoms with E-state index >= 15 is 0 Å². The molecule has 2 aromatic carbocycles. The van der Waals surface area contributed by atoms with Gasteiger partial charge in [-0.15, -0.1) is 0 Å². The van der Waals surface area contributed by atoms with Crippen LogP contribution in [0.4, 0.5) is 28.0 Å². The lowest BCUT2D eigenvalue weighted by Gasteiger charge is -2.44. The first kappa shape index (κ1) is 23.6. The first-order valence-corrected chi connectivity index (χ1v) is 10.8. The van der Waals surface area contributed by atoms with Gasteiger partial charge in [-0.2, -0.15) is 13.2 Å². The number of nitrogens with one attached hydrogen (secondary N) is 3. The maximum absolute atomic E-state index is 14.0. The third-order valence-electron chi connectivity index (χ3n) is 5.74. The van der Waals surface area contributed by atoms with Crippen LogP contribution in [0.25, 0.3) is 0 Å². The van der Waals surface area contributed by atoms with E-state index in [4.69, 9.17) is 21.1 Å². The van der Waals surface area contributed by atoms with Crippen molar-refractivity contribution in [3.8, 4) is 5.75 Å². The van der Waals surface area contributed by atoms with Crippen LogP contribution in [0.1, 0.15) is 24.8 Å². The lowest BCUT2D eigenvalue weighted by molar-refractivity contribution is -0.334. The fraction of sp³-hybridized carbons (Fsp3) is 0.409. The maximum Gasteiger partial charge on any atom is 0.421 e. The Morgan fingerprint density at radius 1 is 1.24 bits per heavy atom.